The van der Waals surface area contributed by atoms with Crippen molar-refractivity contribution < 1.29 is 19.1 Å². The SMILES string of the molecule is CCCCC(CC)COC(=O)C1C=CCC(C)C1C(=O)OCC(CC)CCCC. The van der Waals surface area contributed by atoms with Gasteiger partial charge >= 0.3 is 11.9 Å². The van der Waals surface area contributed by atoms with Crippen LogP contribution in [0.2, 0.25) is 0 Å². The van der Waals surface area contributed by atoms with Gasteiger partial charge in [0.1, 0.15) is 0 Å². The highest BCUT2D eigenvalue weighted by molar-refractivity contribution is 5.84. The molecule has 4 heteroatoms. The zero-order chi connectivity index (χ0) is 21.6. The van der Waals surface area contributed by atoms with Gasteiger partial charge in [-0.2, -0.15) is 0 Å². The van der Waals surface area contributed by atoms with E-state index in [1.54, 1.807) is 0 Å². The lowest BCUT2D eigenvalue weighted by atomic mass is 9.76. The Bertz CT molecular complexity index is 499. The quantitative estimate of drug-likeness (QED) is 0.249. The Hall–Kier alpha value is -1.32. The molecule has 0 aromatic rings. The lowest BCUT2D eigenvalue weighted by molar-refractivity contribution is -0.163. The van der Waals surface area contributed by atoms with Gasteiger partial charge in [0, 0.05) is 0 Å². The molecule has 0 amide bonds. The highest BCUT2D eigenvalue weighted by atomic mass is 16.5. The summed E-state index contributed by atoms with van der Waals surface area (Å²) in [5, 5.41) is 0. The second-order valence-electron chi connectivity index (χ2n) is 8.79. The number of ether oxygens (including phenoxy) is 2. The van der Waals surface area contributed by atoms with Crippen LogP contribution in [0.15, 0.2) is 12.2 Å². The van der Waals surface area contributed by atoms with Crippen LogP contribution < -0.4 is 0 Å². The number of carbonyl (C=O) groups excluding carboxylic acids is 2. The third-order valence-electron chi connectivity index (χ3n) is 6.40. The van der Waals surface area contributed by atoms with Gasteiger partial charge in [-0.3, -0.25) is 9.59 Å². The van der Waals surface area contributed by atoms with E-state index in [2.05, 4.69) is 27.7 Å². The fourth-order valence-electron chi connectivity index (χ4n) is 4.05. The number of carbonyl (C=O) groups is 2. The van der Waals surface area contributed by atoms with Gasteiger partial charge in [0.05, 0.1) is 25.0 Å². The zero-order valence-corrected chi connectivity index (χ0v) is 19.5. The van der Waals surface area contributed by atoms with Gasteiger partial charge in [-0.1, -0.05) is 85.3 Å². The molecule has 1 rings (SSSR count). The summed E-state index contributed by atoms with van der Waals surface area (Å²) < 4.78 is 11.4. The average Bonchev–Trinajstić information content (AvgIpc) is 2.73. The smallest absolute Gasteiger partial charge is 0.313 e. The molecule has 0 heterocycles. The monoisotopic (exact) mass is 408 g/mol. The van der Waals surface area contributed by atoms with Crippen LogP contribution in [0.25, 0.3) is 0 Å². The van der Waals surface area contributed by atoms with Crippen LogP contribution in [0.3, 0.4) is 0 Å². The predicted molar refractivity (Wildman–Crippen MR) is 118 cm³/mol. The van der Waals surface area contributed by atoms with Crippen molar-refractivity contribution in [1.82, 2.24) is 0 Å². The number of esters is 2. The normalized spacial score (nSPS) is 23.4. The third-order valence-corrected chi connectivity index (χ3v) is 6.40. The summed E-state index contributed by atoms with van der Waals surface area (Å²) >= 11 is 0. The van der Waals surface area contributed by atoms with Crippen LogP contribution in [0.1, 0.15) is 92.4 Å². The van der Waals surface area contributed by atoms with E-state index >= 15 is 0 Å². The molecule has 1 aliphatic carbocycles. The van der Waals surface area contributed by atoms with Gasteiger partial charge in [0.2, 0.25) is 0 Å². The van der Waals surface area contributed by atoms with E-state index in [0.717, 1.165) is 57.8 Å². The van der Waals surface area contributed by atoms with E-state index < -0.39 is 11.8 Å². The van der Waals surface area contributed by atoms with Gasteiger partial charge in [-0.25, -0.2) is 0 Å². The van der Waals surface area contributed by atoms with E-state index in [-0.39, 0.29) is 17.9 Å². The summed E-state index contributed by atoms with van der Waals surface area (Å²) in [5.41, 5.74) is 0. The molecule has 29 heavy (non-hydrogen) atoms. The fourth-order valence-corrected chi connectivity index (χ4v) is 4.05. The zero-order valence-electron chi connectivity index (χ0n) is 19.5. The Balaban J connectivity index is 2.67. The van der Waals surface area contributed by atoms with Crippen LogP contribution in [-0.2, 0) is 19.1 Å². The van der Waals surface area contributed by atoms with E-state index in [1.165, 1.54) is 0 Å². The van der Waals surface area contributed by atoms with Crippen molar-refractivity contribution in [1.29, 1.82) is 0 Å². The Labute approximate surface area is 178 Å². The third kappa shape index (κ3) is 8.92. The molecule has 0 spiro atoms. The molecule has 4 nitrogen and oxygen atoms in total. The molecule has 168 valence electrons. The van der Waals surface area contributed by atoms with Crippen LogP contribution in [-0.4, -0.2) is 25.2 Å². The minimum absolute atomic E-state index is 0.0860. The molecular formula is C25H44O4. The van der Waals surface area contributed by atoms with Crippen molar-refractivity contribution in [2.24, 2.45) is 29.6 Å². The second kappa shape index (κ2) is 14.6. The number of hydrogen-bond donors (Lipinski definition) is 0. The van der Waals surface area contributed by atoms with Gasteiger partial charge in [-0.05, 0) is 37.0 Å². The Morgan fingerprint density at radius 1 is 0.897 bits per heavy atom. The van der Waals surface area contributed by atoms with Crippen molar-refractivity contribution in [3.63, 3.8) is 0 Å². The average molecular weight is 409 g/mol. The number of unbranched alkanes of at least 4 members (excludes halogenated alkanes) is 2. The molecule has 0 radical (unpaired) electrons. The molecule has 0 fully saturated rings. The molecule has 0 saturated heterocycles. The lowest BCUT2D eigenvalue weighted by Gasteiger charge is -2.30. The van der Waals surface area contributed by atoms with Gasteiger partial charge in [-0.15, -0.1) is 0 Å². The second-order valence-corrected chi connectivity index (χ2v) is 8.79. The van der Waals surface area contributed by atoms with Crippen molar-refractivity contribution in [2.75, 3.05) is 13.2 Å². The van der Waals surface area contributed by atoms with Crippen LogP contribution in [0.5, 0.6) is 0 Å². The van der Waals surface area contributed by atoms with E-state index in [1.807, 2.05) is 19.1 Å². The number of rotatable bonds is 14. The van der Waals surface area contributed by atoms with Crippen LogP contribution in [0, 0.1) is 29.6 Å². The molecule has 5 unspecified atom stereocenters. The van der Waals surface area contributed by atoms with Crippen molar-refractivity contribution in [2.45, 2.75) is 92.4 Å². The standard InChI is InChI=1S/C25H44O4/c1-6-10-14-20(8-3)17-28-24(26)22-16-12-13-19(5)23(22)25(27)29-18-21(9-4)15-11-7-2/h12,16,19-23H,6-11,13-15,17-18H2,1-5H3. The van der Waals surface area contributed by atoms with Gasteiger partial charge in [0.25, 0.3) is 0 Å². The van der Waals surface area contributed by atoms with Crippen molar-refractivity contribution in [3.8, 4) is 0 Å². The molecule has 0 saturated carbocycles. The van der Waals surface area contributed by atoms with Gasteiger partial charge < -0.3 is 9.47 Å². The highest BCUT2D eigenvalue weighted by Crippen LogP contribution is 2.33. The summed E-state index contributed by atoms with van der Waals surface area (Å²) in [6.07, 6.45) is 13.5. The largest absolute Gasteiger partial charge is 0.465 e. The minimum Gasteiger partial charge on any atom is -0.465 e. The number of hydrogen-bond acceptors (Lipinski definition) is 4. The Morgan fingerprint density at radius 3 is 1.90 bits per heavy atom. The van der Waals surface area contributed by atoms with E-state index in [0.29, 0.717) is 25.0 Å². The predicted octanol–water partition coefficient (Wildman–Crippen LogP) is 6.33. The fraction of sp³-hybridized carbons (Fsp3) is 0.840. The molecule has 0 aromatic carbocycles. The van der Waals surface area contributed by atoms with Crippen LogP contribution >= 0.6 is 0 Å². The Kier molecular flexibility index (Phi) is 13.0. The molecule has 1 aliphatic rings. The Morgan fingerprint density at radius 2 is 1.41 bits per heavy atom. The molecule has 0 aromatic heterocycles. The molecule has 0 N–H and O–H groups in total. The lowest BCUT2D eigenvalue weighted by Crippen LogP contribution is -2.38. The van der Waals surface area contributed by atoms with Crippen molar-refractivity contribution >= 4 is 11.9 Å². The topological polar surface area (TPSA) is 52.6 Å². The molecule has 0 aliphatic heterocycles. The van der Waals surface area contributed by atoms with Crippen molar-refractivity contribution in [3.05, 3.63) is 12.2 Å². The van der Waals surface area contributed by atoms with Crippen LogP contribution in [0.4, 0.5) is 0 Å². The first-order valence-corrected chi connectivity index (χ1v) is 12.0. The minimum atomic E-state index is -0.523. The number of allylic oxidation sites excluding steroid dienone is 1. The summed E-state index contributed by atoms with van der Waals surface area (Å²) in [5.74, 6) is -0.583. The first kappa shape index (κ1) is 25.7. The van der Waals surface area contributed by atoms with Gasteiger partial charge in [0.15, 0.2) is 0 Å². The maximum atomic E-state index is 12.9. The molecule has 5 atom stereocenters. The molecule has 0 bridgehead atoms. The molecular weight excluding hydrogens is 364 g/mol. The highest BCUT2D eigenvalue weighted by Gasteiger charge is 2.40. The van der Waals surface area contributed by atoms with E-state index in [9.17, 15) is 9.59 Å². The summed E-state index contributed by atoms with van der Waals surface area (Å²) in [6, 6.07) is 0. The summed E-state index contributed by atoms with van der Waals surface area (Å²) in [6.45, 7) is 11.6. The summed E-state index contributed by atoms with van der Waals surface area (Å²) in [4.78, 5) is 25.7. The van der Waals surface area contributed by atoms with E-state index in [4.69, 9.17) is 9.47 Å². The summed E-state index contributed by atoms with van der Waals surface area (Å²) in [7, 11) is 0. The maximum Gasteiger partial charge on any atom is 0.313 e. The maximum absolute atomic E-state index is 12.9. The first-order chi connectivity index (χ1) is 14.0. The first-order valence-electron chi connectivity index (χ1n) is 12.0.